The summed E-state index contributed by atoms with van der Waals surface area (Å²) in [6.07, 6.45) is 4.16. The van der Waals surface area contributed by atoms with E-state index in [1.165, 1.54) is 39.8 Å². The molecule has 0 saturated carbocycles. The number of phenols is 1. The van der Waals surface area contributed by atoms with Crippen LogP contribution in [0.25, 0.3) is 11.0 Å². The summed E-state index contributed by atoms with van der Waals surface area (Å²) in [4.78, 5) is 35.9. The van der Waals surface area contributed by atoms with Gasteiger partial charge in [0.2, 0.25) is 0 Å². The molecular formula is C23H18FeO4. The number of hydrogen-bond donors (Lipinski definition) is 1. The van der Waals surface area contributed by atoms with Crippen molar-refractivity contribution in [1.82, 2.24) is 0 Å². The molecule has 1 aromatic carbocycles. The topological polar surface area (TPSA) is 67.5 Å². The standard InChI is InChI=1S/C18H13O4.C5H5.Fe/c1-11-10-16(21)22-18-13(11)7-9-15(20)17(18)14(19)8-6-12-4-2-3-5-12;1-2-4-5-3-1;/h2-10,20H,1H3;1-5H;. The first-order valence-electron chi connectivity index (χ1n) is 10.4. The van der Waals surface area contributed by atoms with E-state index in [2.05, 4.69) is 6.08 Å². The molecule has 0 bridgehead atoms. The summed E-state index contributed by atoms with van der Waals surface area (Å²) in [6, 6.07) is 4.69. The van der Waals surface area contributed by atoms with Crippen LogP contribution in [-0.2, 0) is 6.51 Å². The Labute approximate surface area is 149 Å². The number of allylic oxidation sites excluding steroid dienone is 2. The number of phenolic OH excluding ortho intramolecular Hbond substituents is 1. The van der Waals surface area contributed by atoms with E-state index in [9.17, 15) is 14.7 Å². The Morgan fingerprint density at radius 2 is 1.75 bits per heavy atom. The van der Waals surface area contributed by atoms with Gasteiger partial charge in [-0.25, -0.2) is 0 Å². The van der Waals surface area contributed by atoms with Crippen molar-refractivity contribution in [3.05, 3.63) is 51.9 Å². The van der Waals surface area contributed by atoms with Crippen molar-refractivity contribution in [3.8, 4) is 5.75 Å². The fraction of sp³-hybridized carbons (Fsp3) is 0.478. The second kappa shape index (κ2) is 1.38. The molecule has 0 radical (unpaired) electrons. The molecule has 1 aromatic heterocycles. The zero-order chi connectivity index (χ0) is 18.3. The van der Waals surface area contributed by atoms with Crippen LogP contribution in [0.5, 0.6) is 5.75 Å². The minimum atomic E-state index is -3.23. The summed E-state index contributed by atoms with van der Waals surface area (Å²) in [7, 11) is 0. The van der Waals surface area contributed by atoms with Gasteiger partial charge in [-0.2, -0.15) is 0 Å². The summed E-state index contributed by atoms with van der Waals surface area (Å²) < 4.78 is 5.91. The van der Waals surface area contributed by atoms with Gasteiger partial charge in [0.05, 0.1) is 0 Å². The second-order valence-corrected chi connectivity index (χ2v) is 37.1. The Balaban J connectivity index is 1.10. The Morgan fingerprint density at radius 3 is 2.29 bits per heavy atom. The van der Waals surface area contributed by atoms with E-state index < -0.39 is 12.1 Å². The predicted octanol–water partition coefficient (Wildman–Crippen LogP) is 5.31. The van der Waals surface area contributed by atoms with Crippen molar-refractivity contribution >= 4 is 16.8 Å². The van der Waals surface area contributed by atoms with Gasteiger partial charge in [0.25, 0.3) is 0 Å². The van der Waals surface area contributed by atoms with Crippen LogP contribution in [0.2, 0.25) is 47.7 Å². The maximum atomic E-state index is 13.2. The van der Waals surface area contributed by atoms with Gasteiger partial charge in [0.15, 0.2) is 0 Å². The molecule has 10 aliphatic rings. The molecule has 2 aromatic rings. The molecule has 142 valence electrons. The Hall–Kier alpha value is -1.84. The van der Waals surface area contributed by atoms with Gasteiger partial charge in [-0.3, -0.25) is 0 Å². The predicted molar refractivity (Wildman–Crippen MR) is 98.8 cm³/mol. The first-order chi connectivity index (χ1) is 13.2. The molecule has 28 heavy (non-hydrogen) atoms. The molecule has 10 saturated heterocycles. The SMILES string of the molecule is Cc1cc(=O)oc2c(C(=O)C=C[C]34[CH]5[CH]6[CH]7[CH]3[Fe]6754389%10[CH]4[CH]3[CH]8[CH]9[CH]4%10)c(O)ccc12. The Bertz CT molecular complexity index is 1740. The number of benzene rings is 1. The van der Waals surface area contributed by atoms with Gasteiger partial charge < -0.3 is 0 Å². The van der Waals surface area contributed by atoms with Crippen LogP contribution >= 0.6 is 0 Å². The van der Waals surface area contributed by atoms with Crippen LogP contribution < -0.4 is 5.63 Å². The number of carbonyl (C=O) groups is 1. The molecule has 11 heterocycles. The average Bonchev–Trinajstić information content (AvgIpc) is 3.59. The van der Waals surface area contributed by atoms with Crippen molar-refractivity contribution < 1.29 is 20.8 Å². The Kier molecular flexibility index (Phi) is 0.591. The van der Waals surface area contributed by atoms with E-state index in [0.29, 0.717) is 9.70 Å². The average molecular weight is 414 g/mol. The maximum absolute atomic E-state index is 13.2. The minimum absolute atomic E-state index is 0.0963. The number of aryl methyl sites for hydroxylation is 1. The van der Waals surface area contributed by atoms with Gasteiger partial charge in [-0.05, 0) is 0 Å². The number of ketones is 1. The first-order valence-corrected chi connectivity index (χ1v) is 16.7. The van der Waals surface area contributed by atoms with Gasteiger partial charge in [0, 0.05) is 0 Å². The van der Waals surface area contributed by atoms with Crippen molar-refractivity contribution in [2.24, 2.45) is 0 Å². The van der Waals surface area contributed by atoms with E-state index >= 15 is 0 Å². The number of fused-ring (bicyclic) bond motifs is 11. The molecule has 1 spiro atoms. The number of carbonyl (C=O) groups excluding carboxylic acids is 1. The van der Waals surface area contributed by atoms with E-state index in [-0.39, 0.29) is 22.7 Å². The number of hydrogen-bond acceptors (Lipinski definition) is 4. The zero-order valence-electron chi connectivity index (χ0n) is 15.1. The fourth-order valence-electron chi connectivity index (χ4n) is 18.7. The van der Waals surface area contributed by atoms with Crippen LogP contribution in [-0.4, -0.2) is 10.9 Å². The summed E-state index contributed by atoms with van der Waals surface area (Å²) in [6.45, 7) is -1.41. The summed E-state index contributed by atoms with van der Waals surface area (Å²) >= 11 is 0. The van der Waals surface area contributed by atoms with Crippen LogP contribution in [0, 0.1) is 6.92 Å². The summed E-state index contributed by atoms with van der Waals surface area (Å²) in [5.41, 5.74) is 0.664. The Morgan fingerprint density at radius 1 is 1.11 bits per heavy atom. The third kappa shape index (κ3) is 0.207. The summed E-state index contributed by atoms with van der Waals surface area (Å²) in [5, 5.41) is 11.1. The quantitative estimate of drug-likeness (QED) is 0.320. The molecule has 4 nitrogen and oxygen atoms in total. The molecule has 10 fully saturated rings. The number of rotatable bonds is 3. The molecule has 0 aliphatic carbocycles. The van der Waals surface area contributed by atoms with Crippen LogP contribution in [0.4, 0.5) is 0 Å². The van der Waals surface area contributed by atoms with Gasteiger partial charge >= 0.3 is 150 Å². The van der Waals surface area contributed by atoms with E-state index in [4.69, 9.17) is 4.42 Å². The first kappa shape index (κ1) is 12.0. The zero-order valence-corrected chi connectivity index (χ0v) is 16.2. The molecule has 1 N–H and O–H groups in total. The molecule has 10 aliphatic heterocycles. The molecule has 12 rings (SSSR count). The van der Waals surface area contributed by atoms with Gasteiger partial charge in [-0.1, -0.05) is 0 Å². The molecule has 4 unspecified atom stereocenters. The fourth-order valence-corrected chi connectivity index (χ4v) is 92.5. The summed E-state index contributed by atoms with van der Waals surface area (Å²) in [5.74, 6) is -0.297. The normalized spacial score (nSPS) is 77.2. The molecule has 4 atom stereocenters. The monoisotopic (exact) mass is 414 g/mol. The number of aromatic hydroxyl groups is 1. The van der Waals surface area contributed by atoms with Crippen molar-refractivity contribution in [1.29, 1.82) is 0 Å². The van der Waals surface area contributed by atoms with Crippen molar-refractivity contribution in [3.63, 3.8) is 0 Å². The van der Waals surface area contributed by atoms with E-state index in [0.717, 1.165) is 15.2 Å². The third-order valence-corrected chi connectivity index (χ3v) is 60.1. The van der Waals surface area contributed by atoms with Crippen LogP contribution in [0.3, 0.4) is 0 Å². The van der Waals surface area contributed by atoms with Crippen molar-refractivity contribution in [2.75, 3.05) is 0 Å². The molecular weight excluding hydrogens is 396 g/mol. The second-order valence-electron chi connectivity index (χ2n) is 13.5. The third-order valence-electron chi connectivity index (χ3n) is 17.6. The van der Waals surface area contributed by atoms with Gasteiger partial charge in [-0.15, -0.1) is 0 Å². The van der Waals surface area contributed by atoms with E-state index in [1.807, 2.05) is 6.92 Å². The van der Waals surface area contributed by atoms with Gasteiger partial charge in [0.1, 0.15) is 0 Å². The van der Waals surface area contributed by atoms with Crippen LogP contribution in [0.1, 0.15) is 15.9 Å². The molecule has 5 heteroatoms. The van der Waals surface area contributed by atoms with E-state index in [1.54, 1.807) is 18.2 Å². The van der Waals surface area contributed by atoms with Crippen LogP contribution in [0.15, 0.2) is 39.6 Å². The van der Waals surface area contributed by atoms with Crippen molar-refractivity contribution in [2.45, 2.75) is 54.6 Å². The molecule has 0 amide bonds.